The standard InChI is InChI=1S/C32H29ClF3NO3/c1-31(25-11-4-2-5-12-25,26-13-6-3-7-14-26)37(22-24-10-8-15-28(29(24)33)32(34,35)36)20-9-21-40-27-18-16-23(17-19-27)30(38)39/h2-8,10-19H,9,20-22H2,1H3,(H,38,39). The van der Waals surface area contributed by atoms with Gasteiger partial charge in [0.2, 0.25) is 0 Å². The van der Waals surface area contributed by atoms with Gasteiger partial charge in [0, 0.05) is 13.1 Å². The Morgan fingerprint density at radius 3 is 1.95 bits per heavy atom. The summed E-state index contributed by atoms with van der Waals surface area (Å²) in [6.07, 6.45) is -4.02. The van der Waals surface area contributed by atoms with Crippen LogP contribution in [0.4, 0.5) is 13.2 Å². The van der Waals surface area contributed by atoms with Gasteiger partial charge in [0.25, 0.3) is 0 Å². The van der Waals surface area contributed by atoms with Crippen LogP contribution in [0, 0.1) is 0 Å². The third-order valence-electron chi connectivity index (χ3n) is 6.99. The van der Waals surface area contributed by atoms with Crippen molar-refractivity contribution in [2.75, 3.05) is 13.2 Å². The van der Waals surface area contributed by atoms with Crippen LogP contribution >= 0.6 is 11.6 Å². The van der Waals surface area contributed by atoms with Gasteiger partial charge in [-0.25, -0.2) is 4.79 Å². The monoisotopic (exact) mass is 567 g/mol. The summed E-state index contributed by atoms with van der Waals surface area (Å²) in [5, 5.41) is 8.79. The van der Waals surface area contributed by atoms with Gasteiger partial charge in [-0.2, -0.15) is 13.2 Å². The SMILES string of the molecule is CC(c1ccccc1)(c1ccccc1)N(CCCOc1ccc(C(=O)O)cc1)Cc1cccc(C(F)(F)F)c1Cl. The molecule has 40 heavy (non-hydrogen) atoms. The Morgan fingerprint density at radius 2 is 1.43 bits per heavy atom. The van der Waals surface area contributed by atoms with Crippen molar-refractivity contribution in [2.24, 2.45) is 0 Å². The highest BCUT2D eigenvalue weighted by atomic mass is 35.5. The molecule has 4 aromatic carbocycles. The molecule has 208 valence electrons. The summed E-state index contributed by atoms with van der Waals surface area (Å²) in [5.74, 6) is -0.483. The molecule has 0 heterocycles. The highest BCUT2D eigenvalue weighted by molar-refractivity contribution is 6.32. The second-order valence-electron chi connectivity index (χ2n) is 9.53. The molecule has 0 atom stereocenters. The fraction of sp³-hybridized carbons (Fsp3) is 0.219. The molecule has 0 aliphatic rings. The molecule has 0 amide bonds. The van der Waals surface area contributed by atoms with Crippen LogP contribution in [-0.4, -0.2) is 29.1 Å². The zero-order chi connectivity index (χ0) is 28.8. The molecular weight excluding hydrogens is 539 g/mol. The van der Waals surface area contributed by atoms with E-state index in [0.717, 1.165) is 17.2 Å². The van der Waals surface area contributed by atoms with Crippen LogP contribution in [0.5, 0.6) is 5.75 Å². The Balaban J connectivity index is 1.66. The number of nitrogens with zero attached hydrogens (tertiary/aromatic N) is 1. The van der Waals surface area contributed by atoms with Gasteiger partial charge in [-0.3, -0.25) is 4.90 Å². The van der Waals surface area contributed by atoms with Gasteiger partial charge in [-0.15, -0.1) is 0 Å². The number of benzene rings is 4. The quantitative estimate of drug-likeness (QED) is 0.185. The van der Waals surface area contributed by atoms with E-state index in [0.29, 0.717) is 30.9 Å². The van der Waals surface area contributed by atoms with Gasteiger partial charge < -0.3 is 9.84 Å². The number of hydrogen-bond acceptors (Lipinski definition) is 3. The number of ether oxygens (including phenoxy) is 1. The van der Waals surface area contributed by atoms with Crippen molar-refractivity contribution < 1.29 is 27.8 Å². The Bertz CT molecular complexity index is 1370. The Morgan fingerprint density at radius 1 is 0.850 bits per heavy atom. The number of halogens is 4. The van der Waals surface area contributed by atoms with Crippen LogP contribution in [0.25, 0.3) is 0 Å². The molecule has 0 bridgehead atoms. The lowest BCUT2D eigenvalue weighted by atomic mass is 9.82. The topological polar surface area (TPSA) is 49.8 Å². The largest absolute Gasteiger partial charge is 0.494 e. The normalized spacial score (nSPS) is 11.9. The first-order chi connectivity index (χ1) is 19.1. The van der Waals surface area contributed by atoms with Crippen molar-refractivity contribution >= 4 is 17.6 Å². The molecule has 0 fully saturated rings. The molecule has 0 aliphatic carbocycles. The molecule has 0 aromatic heterocycles. The summed E-state index contributed by atoms with van der Waals surface area (Å²) in [4.78, 5) is 13.2. The van der Waals surface area contributed by atoms with E-state index >= 15 is 0 Å². The minimum atomic E-state index is -4.57. The van der Waals surface area contributed by atoms with Crippen LogP contribution < -0.4 is 4.74 Å². The van der Waals surface area contributed by atoms with Gasteiger partial charge in [-0.05, 0) is 60.4 Å². The number of carboxylic acids is 1. The third-order valence-corrected chi connectivity index (χ3v) is 7.44. The van der Waals surface area contributed by atoms with E-state index in [2.05, 4.69) is 11.8 Å². The smallest absolute Gasteiger partial charge is 0.417 e. The summed E-state index contributed by atoms with van der Waals surface area (Å²) in [6, 6.07) is 29.8. The van der Waals surface area contributed by atoms with Crippen LogP contribution in [0.3, 0.4) is 0 Å². The van der Waals surface area contributed by atoms with Crippen molar-refractivity contribution in [3.63, 3.8) is 0 Å². The minimum Gasteiger partial charge on any atom is -0.494 e. The van der Waals surface area contributed by atoms with Gasteiger partial charge in [0.15, 0.2) is 0 Å². The fourth-order valence-electron chi connectivity index (χ4n) is 4.78. The highest BCUT2D eigenvalue weighted by Gasteiger charge is 2.37. The number of carboxylic acid groups (broad SMARTS) is 1. The zero-order valence-corrected chi connectivity index (χ0v) is 22.6. The highest BCUT2D eigenvalue weighted by Crippen LogP contribution is 2.40. The summed E-state index contributed by atoms with van der Waals surface area (Å²) in [5.41, 5.74) is 0.936. The Labute approximate surface area is 236 Å². The maximum absolute atomic E-state index is 13.7. The second kappa shape index (κ2) is 12.6. The van der Waals surface area contributed by atoms with Crippen molar-refractivity contribution in [1.82, 2.24) is 4.90 Å². The molecule has 0 unspecified atom stereocenters. The van der Waals surface area contributed by atoms with E-state index in [1.165, 1.54) is 18.2 Å². The molecule has 0 aliphatic heterocycles. The van der Waals surface area contributed by atoms with Gasteiger partial charge >= 0.3 is 12.1 Å². The van der Waals surface area contributed by atoms with Crippen molar-refractivity contribution in [1.29, 1.82) is 0 Å². The van der Waals surface area contributed by atoms with Crippen LogP contribution in [0.15, 0.2) is 103 Å². The third kappa shape index (κ3) is 6.66. The first-order valence-electron chi connectivity index (χ1n) is 12.8. The number of carbonyl (C=O) groups is 1. The van der Waals surface area contributed by atoms with E-state index in [1.54, 1.807) is 18.2 Å². The number of hydrogen-bond donors (Lipinski definition) is 1. The number of rotatable bonds is 11. The lowest BCUT2D eigenvalue weighted by Gasteiger charge is -2.43. The molecule has 4 nitrogen and oxygen atoms in total. The minimum absolute atomic E-state index is 0.163. The van der Waals surface area contributed by atoms with Crippen molar-refractivity contribution in [2.45, 2.75) is 31.6 Å². The molecule has 4 rings (SSSR count). The second-order valence-corrected chi connectivity index (χ2v) is 9.91. The lowest BCUT2D eigenvalue weighted by Crippen LogP contribution is -2.45. The maximum atomic E-state index is 13.7. The van der Waals surface area contributed by atoms with Crippen LogP contribution in [0.1, 0.15) is 46.0 Å². The predicted octanol–water partition coefficient (Wildman–Crippen LogP) is 8.29. The van der Waals surface area contributed by atoms with Crippen molar-refractivity contribution in [3.05, 3.63) is 136 Å². The summed E-state index contributed by atoms with van der Waals surface area (Å²) < 4.78 is 46.8. The molecule has 0 radical (unpaired) electrons. The molecular formula is C32H29ClF3NO3. The number of alkyl halides is 3. The van der Waals surface area contributed by atoms with E-state index < -0.39 is 23.2 Å². The van der Waals surface area contributed by atoms with E-state index in [4.69, 9.17) is 21.4 Å². The molecule has 4 aromatic rings. The van der Waals surface area contributed by atoms with Gasteiger partial charge in [-0.1, -0.05) is 84.4 Å². The van der Waals surface area contributed by atoms with Crippen molar-refractivity contribution in [3.8, 4) is 5.75 Å². The average Bonchev–Trinajstić information content (AvgIpc) is 2.95. The molecule has 0 saturated carbocycles. The Hall–Kier alpha value is -3.81. The van der Waals surface area contributed by atoms with Gasteiger partial charge in [0.1, 0.15) is 5.75 Å². The van der Waals surface area contributed by atoms with E-state index in [-0.39, 0.29) is 17.1 Å². The Kier molecular flexibility index (Phi) is 9.17. The van der Waals surface area contributed by atoms with E-state index in [1.807, 2.05) is 60.7 Å². The molecule has 0 spiro atoms. The predicted molar refractivity (Wildman–Crippen MR) is 150 cm³/mol. The first kappa shape index (κ1) is 29.2. The number of aromatic carboxylic acids is 1. The first-order valence-corrected chi connectivity index (χ1v) is 13.2. The molecule has 8 heteroatoms. The lowest BCUT2D eigenvalue weighted by molar-refractivity contribution is -0.137. The summed E-state index contributed by atoms with van der Waals surface area (Å²) >= 11 is 6.34. The zero-order valence-electron chi connectivity index (χ0n) is 21.9. The average molecular weight is 568 g/mol. The molecule has 0 saturated heterocycles. The van der Waals surface area contributed by atoms with Crippen LogP contribution in [-0.2, 0) is 18.3 Å². The maximum Gasteiger partial charge on any atom is 0.417 e. The molecule has 1 N–H and O–H groups in total. The van der Waals surface area contributed by atoms with Crippen LogP contribution in [0.2, 0.25) is 5.02 Å². The summed E-state index contributed by atoms with van der Waals surface area (Å²) in [7, 11) is 0. The van der Waals surface area contributed by atoms with Gasteiger partial charge in [0.05, 0.1) is 28.3 Å². The fourth-order valence-corrected chi connectivity index (χ4v) is 5.08. The van der Waals surface area contributed by atoms with E-state index in [9.17, 15) is 18.0 Å². The summed E-state index contributed by atoms with van der Waals surface area (Å²) in [6.45, 7) is 3.01.